The molecular weight excluding hydrogens is 396 g/mol. The van der Waals surface area contributed by atoms with Crippen molar-refractivity contribution in [1.29, 1.82) is 0 Å². The van der Waals surface area contributed by atoms with E-state index in [4.69, 9.17) is 11.6 Å². The van der Waals surface area contributed by atoms with E-state index in [9.17, 15) is 9.90 Å². The molecule has 0 aliphatic carbocycles. The normalized spacial score (nSPS) is 15.4. The van der Waals surface area contributed by atoms with Gasteiger partial charge < -0.3 is 15.4 Å². The molecule has 0 saturated heterocycles. The van der Waals surface area contributed by atoms with Crippen molar-refractivity contribution in [2.75, 3.05) is 5.32 Å². The number of allylic oxidation sites excluding steroid dienone is 1. The van der Waals surface area contributed by atoms with Crippen molar-refractivity contribution in [1.82, 2.24) is 4.98 Å². The fraction of sp³-hybridized carbons (Fsp3) is 0.0800. The molecule has 1 atom stereocenters. The molecule has 0 saturated carbocycles. The molecule has 1 aromatic heterocycles. The van der Waals surface area contributed by atoms with Gasteiger partial charge in [0.1, 0.15) is 5.75 Å². The van der Waals surface area contributed by atoms with Crippen molar-refractivity contribution in [2.24, 2.45) is 0 Å². The summed E-state index contributed by atoms with van der Waals surface area (Å²) < 4.78 is 0. The van der Waals surface area contributed by atoms with E-state index in [0.29, 0.717) is 10.6 Å². The zero-order chi connectivity index (χ0) is 20.8. The SMILES string of the molecule is Cc1[nH]c2cccc3c2c1C(c1ccc(Cl)cc1)C(C(=O)c1ccccc1O)=CN3. The van der Waals surface area contributed by atoms with Gasteiger partial charge >= 0.3 is 0 Å². The summed E-state index contributed by atoms with van der Waals surface area (Å²) in [5.74, 6) is -0.572. The number of ketones is 1. The minimum atomic E-state index is -0.320. The van der Waals surface area contributed by atoms with E-state index in [2.05, 4.69) is 10.3 Å². The first-order chi connectivity index (χ1) is 14.5. The fourth-order valence-electron chi connectivity index (χ4n) is 4.30. The number of Topliss-reactive ketones (excluding diaryl/α,β-unsaturated/α-hetero) is 1. The van der Waals surface area contributed by atoms with Crippen LogP contribution in [0.1, 0.15) is 33.1 Å². The third kappa shape index (κ3) is 2.88. The van der Waals surface area contributed by atoms with Crippen molar-refractivity contribution in [2.45, 2.75) is 12.8 Å². The second-order valence-electron chi connectivity index (χ2n) is 7.47. The summed E-state index contributed by atoms with van der Waals surface area (Å²) in [5, 5.41) is 15.3. The molecule has 148 valence electrons. The number of halogens is 1. The number of anilines is 1. The summed E-state index contributed by atoms with van der Waals surface area (Å²) in [6, 6.07) is 20.2. The van der Waals surface area contributed by atoms with E-state index in [1.807, 2.05) is 49.4 Å². The lowest BCUT2D eigenvalue weighted by Crippen LogP contribution is -2.15. The second-order valence-corrected chi connectivity index (χ2v) is 7.90. The molecule has 0 fully saturated rings. The average molecular weight is 415 g/mol. The van der Waals surface area contributed by atoms with Crippen LogP contribution in [0.3, 0.4) is 0 Å². The molecular formula is C25H19ClN2O2. The molecule has 0 radical (unpaired) electrons. The lowest BCUT2D eigenvalue weighted by molar-refractivity contribution is 0.102. The molecule has 0 spiro atoms. The Kier molecular flexibility index (Phi) is 4.37. The van der Waals surface area contributed by atoms with Gasteiger partial charge in [0, 0.05) is 45.0 Å². The number of aromatic hydroxyl groups is 1. The van der Waals surface area contributed by atoms with E-state index >= 15 is 0 Å². The Bertz CT molecular complexity index is 1320. The number of aryl methyl sites for hydroxylation is 1. The maximum absolute atomic E-state index is 13.6. The van der Waals surface area contributed by atoms with E-state index in [-0.39, 0.29) is 23.0 Å². The molecule has 5 rings (SSSR count). The monoisotopic (exact) mass is 414 g/mol. The van der Waals surface area contributed by atoms with Gasteiger partial charge in [-0.15, -0.1) is 0 Å². The highest BCUT2D eigenvalue weighted by Gasteiger charge is 2.32. The first-order valence-electron chi connectivity index (χ1n) is 9.70. The molecule has 2 heterocycles. The molecule has 0 amide bonds. The third-order valence-electron chi connectivity index (χ3n) is 5.66. The molecule has 4 nitrogen and oxygen atoms in total. The quantitative estimate of drug-likeness (QED) is 0.352. The van der Waals surface area contributed by atoms with Gasteiger partial charge in [0.05, 0.1) is 5.56 Å². The van der Waals surface area contributed by atoms with Crippen molar-refractivity contribution in [3.05, 3.63) is 106 Å². The number of aromatic nitrogens is 1. The minimum absolute atomic E-state index is 0.0315. The predicted octanol–water partition coefficient (Wildman–Crippen LogP) is 6.16. The molecule has 1 aliphatic heterocycles. The Morgan fingerprint density at radius 1 is 1.00 bits per heavy atom. The highest BCUT2D eigenvalue weighted by Crippen LogP contribution is 2.44. The Labute approximate surface area is 178 Å². The molecule has 4 aromatic rings. The molecule has 30 heavy (non-hydrogen) atoms. The summed E-state index contributed by atoms with van der Waals surface area (Å²) in [7, 11) is 0. The summed E-state index contributed by atoms with van der Waals surface area (Å²) in [6.07, 6.45) is 1.77. The zero-order valence-corrected chi connectivity index (χ0v) is 17.0. The van der Waals surface area contributed by atoms with Crippen molar-refractivity contribution in [3.63, 3.8) is 0 Å². The smallest absolute Gasteiger partial charge is 0.195 e. The number of benzene rings is 3. The van der Waals surface area contributed by atoms with Crippen molar-refractivity contribution in [3.8, 4) is 5.75 Å². The average Bonchev–Trinajstić information content (AvgIpc) is 2.97. The highest BCUT2D eigenvalue weighted by molar-refractivity contribution is 6.30. The fourth-order valence-corrected chi connectivity index (χ4v) is 4.42. The number of carbonyl (C=O) groups is 1. The second kappa shape index (κ2) is 7.08. The number of nitrogens with one attached hydrogen (secondary N) is 2. The van der Waals surface area contributed by atoms with E-state index in [0.717, 1.165) is 33.4 Å². The number of phenols is 1. The molecule has 3 N–H and O–H groups in total. The van der Waals surface area contributed by atoms with Gasteiger partial charge in [0.15, 0.2) is 5.78 Å². The van der Waals surface area contributed by atoms with Crippen molar-refractivity contribution < 1.29 is 9.90 Å². The Morgan fingerprint density at radius 3 is 2.53 bits per heavy atom. The summed E-state index contributed by atoms with van der Waals surface area (Å²) in [5.41, 5.74) is 5.78. The van der Waals surface area contributed by atoms with Crippen LogP contribution in [0.2, 0.25) is 5.02 Å². The van der Waals surface area contributed by atoms with Crippen LogP contribution in [0.5, 0.6) is 5.75 Å². The van der Waals surface area contributed by atoms with E-state index in [1.54, 1.807) is 24.4 Å². The first-order valence-corrected chi connectivity index (χ1v) is 10.1. The van der Waals surface area contributed by atoms with Crippen molar-refractivity contribution >= 4 is 34.0 Å². The summed E-state index contributed by atoms with van der Waals surface area (Å²) >= 11 is 6.14. The van der Waals surface area contributed by atoms with E-state index < -0.39 is 0 Å². The third-order valence-corrected chi connectivity index (χ3v) is 5.91. The molecule has 1 aliphatic rings. The van der Waals surface area contributed by atoms with Crippen LogP contribution in [-0.4, -0.2) is 15.9 Å². The summed E-state index contributed by atoms with van der Waals surface area (Å²) in [4.78, 5) is 17.1. The predicted molar refractivity (Wildman–Crippen MR) is 120 cm³/mol. The van der Waals surface area contributed by atoms with Crippen LogP contribution in [0.25, 0.3) is 10.9 Å². The van der Waals surface area contributed by atoms with Gasteiger partial charge in [-0.3, -0.25) is 4.79 Å². The maximum atomic E-state index is 13.6. The molecule has 5 heteroatoms. The molecule has 0 bridgehead atoms. The van der Waals surface area contributed by atoms with Crippen LogP contribution < -0.4 is 5.32 Å². The number of hydrogen-bond donors (Lipinski definition) is 3. The van der Waals surface area contributed by atoms with Gasteiger partial charge in [-0.1, -0.05) is 41.9 Å². The maximum Gasteiger partial charge on any atom is 0.195 e. The van der Waals surface area contributed by atoms with Gasteiger partial charge in [-0.2, -0.15) is 0 Å². The number of H-pyrrole nitrogens is 1. The minimum Gasteiger partial charge on any atom is -0.507 e. The van der Waals surface area contributed by atoms with E-state index in [1.165, 1.54) is 6.07 Å². The Morgan fingerprint density at radius 2 is 1.77 bits per heavy atom. The standard InChI is InChI=1S/C25H19ClN2O2/c1-14-22-23(15-9-11-16(26)12-10-15)18(25(30)17-5-2-3-8-21(17)29)13-27-19-6-4-7-20(28-14)24(19)22/h2-13,23,27-29H,1H3. The van der Waals surface area contributed by atoms with Crippen LogP contribution in [0, 0.1) is 6.92 Å². The number of phenolic OH excluding ortho intramolecular Hbond substituents is 1. The largest absolute Gasteiger partial charge is 0.507 e. The van der Waals surface area contributed by atoms with Crippen LogP contribution in [0.15, 0.2) is 78.5 Å². The van der Waals surface area contributed by atoms with Crippen LogP contribution in [-0.2, 0) is 0 Å². The number of hydrogen-bond acceptors (Lipinski definition) is 3. The number of aromatic amines is 1. The van der Waals surface area contributed by atoms with Crippen LogP contribution >= 0.6 is 11.6 Å². The van der Waals surface area contributed by atoms with Gasteiger partial charge in [-0.25, -0.2) is 0 Å². The molecule has 3 aromatic carbocycles. The zero-order valence-electron chi connectivity index (χ0n) is 16.2. The summed E-state index contributed by atoms with van der Waals surface area (Å²) in [6.45, 7) is 2.02. The topological polar surface area (TPSA) is 65.1 Å². The number of para-hydroxylation sites is 1. The lowest BCUT2D eigenvalue weighted by Gasteiger charge is -2.20. The Hall–Kier alpha value is -3.50. The molecule has 1 unspecified atom stereocenters. The van der Waals surface area contributed by atoms with Crippen LogP contribution in [0.4, 0.5) is 5.69 Å². The van der Waals surface area contributed by atoms with Gasteiger partial charge in [0.25, 0.3) is 0 Å². The first kappa shape index (κ1) is 18.5. The number of rotatable bonds is 3. The van der Waals surface area contributed by atoms with Gasteiger partial charge in [0.2, 0.25) is 0 Å². The van der Waals surface area contributed by atoms with Gasteiger partial charge in [-0.05, 0) is 54.4 Å². The number of carbonyl (C=O) groups excluding carboxylic acids is 1. The highest BCUT2D eigenvalue weighted by atomic mass is 35.5. The lowest BCUT2D eigenvalue weighted by atomic mass is 9.81. The Balaban J connectivity index is 1.78.